The first-order valence-corrected chi connectivity index (χ1v) is 11.9. The molecule has 2 aromatic rings. The van der Waals surface area contributed by atoms with Crippen molar-refractivity contribution in [1.82, 2.24) is 20.5 Å². The maximum absolute atomic E-state index is 4.80. The van der Waals surface area contributed by atoms with Crippen LogP contribution in [0.1, 0.15) is 25.8 Å². The van der Waals surface area contributed by atoms with E-state index in [-0.39, 0.29) is 24.0 Å². The number of benzene rings is 1. The van der Waals surface area contributed by atoms with E-state index in [1.165, 1.54) is 11.3 Å². The van der Waals surface area contributed by atoms with Crippen molar-refractivity contribution in [3.8, 4) is 0 Å². The quantitative estimate of drug-likeness (QED) is 0.199. The number of hydrogen-bond acceptors (Lipinski definition) is 5. The molecule has 0 atom stereocenters. The smallest absolute Gasteiger partial charge is 0.191 e. The lowest BCUT2D eigenvalue weighted by Gasteiger charge is -2.33. The van der Waals surface area contributed by atoms with Crippen LogP contribution < -0.4 is 20.4 Å². The van der Waals surface area contributed by atoms with Crippen molar-refractivity contribution in [2.45, 2.75) is 26.8 Å². The number of aliphatic imine (C=N–C) groups is 1. The van der Waals surface area contributed by atoms with Crippen LogP contribution in [0.2, 0.25) is 0 Å². The SMILES string of the molecule is CCNC(=NCc1ccnc(N2CCN(C)CC2)c1)NCCCN(CC)c1ccccc1.I. The topological polar surface area (TPSA) is 59.0 Å². The Bertz CT molecular complexity index is 823. The van der Waals surface area contributed by atoms with Gasteiger partial charge in [0.05, 0.1) is 6.54 Å². The summed E-state index contributed by atoms with van der Waals surface area (Å²) in [4.78, 5) is 16.5. The zero-order valence-electron chi connectivity index (χ0n) is 20.3. The number of halogens is 1. The molecule has 0 spiro atoms. The molecule has 2 heterocycles. The zero-order chi connectivity index (χ0) is 22.6. The fourth-order valence-electron chi connectivity index (χ4n) is 3.86. The molecule has 3 rings (SSSR count). The van der Waals surface area contributed by atoms with Crippen molar-refractivity contribution in [3.05, 3.63) is 54.2 Å². The van der Waals surface area contributed by atoms with E-state index in [2.05, 4.69) is 93.7 Å². The molecule has 7 nitrogen and oxygen atoms in total. The molecule has 0 amide bonds. The molecule has 1 saturated heterocycles. The van der Waals surface area contributed by atoms with Crippen molar-refractivity contribution >= 4 is 41.4 Å². The van der Waals surface area contributed by atoms with Gasteiger partial charge in [0.1, 0.15) is 5.82 Å². The lowest BCUT2D eigenvalue weighted by molar-refractivity contribution is 0.312. The first-order valence-electron chi connectivity index (χ1n) is 11.9. The number of anilines is 2. The number of pyridine rings is 1. The summed E-state index contributed by atoms with van der Waals surface area (Å²) < 4.78 is 0. The van der Waals surface area contributed by atoms with Gasteiger partial charge in [0, 0.05) is 64.2 Å². The van der Waals surface area contributed by atoms with Crippen LogP contribution in [-0.4, -0.2) is 75.2 Å². The standard InChI is InChI=1S/C25H39N7.HI/c1-4-26-25(28-13-9-15-31(5-2)23-10-7-6-8-11-23)29-21-22-12-14-27-24(20-22)32-18-16-30(3)17-19-32;/h6-8,10-12,14,20H,4-5,9,13,15-19,21H2,1-3H3,(H2,26,28,29);1H. The van der Waals surface area contributed by atoms with E-state index in [4.69, 9.17) is 4.99 Å². The number of rotatable bonds is 10. The third-order valence-electron chi connectivity index (χ3n) is 5.80. The van der Waals surface area contributed by atoms with Gasteiger partial charge in [-0.3, -0.25) is 0 Å². The predicted molar refractivity (Wildman–Crippen MR) is 151 cm³/mol. The number of likely N-dealkylation sites (N-methyl/N-ethyl adjacent to an activating group) is 1. The third-order valence-corrected chi connectivity index (χ3v) is 5.80. The average molecular weight is 566 g/mol. The largest absolute Gasteiger partial charge is 0.372 e. The summed E-state index contributed by atoms with van der Waals surface area (Å²) in [6.45, 7) is 12.9. The number of nitrogens with one attached hydrogen (secondary N) is 2. The molecule has 1 aliphatic heterocycles. The predicted octanol–water partition coefficient (Wildman–Crippen LogP) is 3.42. The summed E-state index contributed by atoms with van der Waals surface area (Å²) in [5.41, 5.74) is 2.47. The van der Waals surface area contributed by atoms with Gasteiger partial charge in [0.25, 0.3) is 0 Å². The zero-order valence-corrected chi connectivity index (χ0v) is 22.7. The molecule has 33 heavy (non-hydrogen) atoms. The molecule has 0 unspecified atom stereocenters. The number of hydrogen-bond donors (Lipinski definition) is 2. The van der Waals surface area contributed by atoms with Gasteiger partial charge in [-0.2, -0.15) is 0 Å². The van der Waals surface area contributed by atoms with E-state index in [1.807, 2.05) is 6.20 Å². The van der Waals surface area contributed by atoms with Crippen LogP contribution in [-0.2, 0) is 6.54 Å². The van der Waals surface area contributed by atoms with E-state index < -0.39 is 0 Å². The monoisotopic (exact) mass is 565 g/mol. The highest BCUT2D eigenvalue weighted by Gasteiger charge is 2.15. The van der Waals surface area contributed by atoms with Crippen LogP contribution in [0.25, 0.3) is 0 Å². The fourth-order valence-corrected chi connectivity index (χ4v) is 3.86. The van der Waals surface area contributed by atoms with Crippen molar-refractivity contribution in [1.29, 1.82) is 0 Å². The maximum atomic E-state index is 4.80. The number of para-hydroxylation sites is 1. The van der Waals surface area contributed by atoms with Gasteiger partial charge in [-0.15, -0.1) is 24.0 Å². The minimum absolute atomic E-state index is 0. The molecular formula is C25H40IN7. The van der Waals surface area contributed by atoms with E-state index >= 15 is 0 Å². The van der Waals surface area contributed by atoms with Gasteiger partial charge < -0.3 is 25.3 Å². The summed E-state index contributed by atoms with van der Waals surface area (Å²) in [6, 6.07) is 14.8. The third kappa shape index (κ3) is 9.00. The Morgan fingerprint density at radius 1 is 1.06 bits per heavy atom. The van der Waals surface area contributed by atoms with Crippen molar-refractivity contribution in [3.63, 3.8) is 0 Å². The number of guanidine groups is 1. The summed E-state index contributed by atoms with van der Waals surface area (Å²) in [5, 5.41) is 6.85. The number of aromatic nitrogens is 1. The van der Waals surface area contributed by atoms with Crippen molar-refractivity contribution in [2.24, 2.45) is 4.99 Å². The van der Waals surface area contributed by atoms with Gasteiger partial charge in [-0.25, -0.2) is 9.98 Å². The molecule has 1 fully saturated rings. The second-order valence-electron chi connectivity index (χ2n) is 8.20. The number of piperazine rings is 1. The molecule has 2 N–H and O–H groups in total. The van der Waals surface area contributed by atoms with Crippen LogP contribution in [0.15, 0.2) is 53.7 Å². The van der Waals surface area contributed by atoms with Crippen LogP contribution in [0.5, 0.6) is 0 Å². The Kier molecular flexibility index (Phi) is 12.3. The highest BCUT2D eigenvalue weighted by Crippen LogP contribution is 2.15. The minimum Gasteiger partial charge on any atom is -0.372 e. The maximum Gasteiger partial charge on any atom is 0.191 e. The normalized spacial score (nSPS) is 14.5. The molecule has 0 saturated carbocycles. The molecule has 1 aliphatic rings. The summed E-state index contributed by atoms with van der Waals surface area (Å²) in [6.07, 6.45) is 2.96. The van der Waals surface area contributed by atoms with E-state index in [0.717, 1.165) is 70.6 Å². The van der Waals surface area contributed by atoms with Crippen molar-refractivity contribution < 1.29 is 0 Å². The van der Waals surface area contributed by atoms with Gasteiger partial charge >= 0.3 is 0 Å². The van der Waals surface area contributed by atoms with Gasteiger partial charge in [-0.1, -0.05) is 18.2 Å². The molecule has 0 aliphatic carbocycles. The molecule has 1 aromatic heterocycles. The second-order valence-corrected chi connectivity index (χ2v) is 8.20. The Hall–Kier alpha value is -2.07. The Morgan fingerprint density at radius 3 is 2.52 bits per heavy atom. The van der Waals surface area contributed by atoms with Gasteiger partial charge in [0.2, 0.25) is 0 Å². The molecule has 0 bridgehead atoms. The fraction of sp³-hybridized carbons (Fsp3) is 0.520. The Balaban J connectivity index is 0.00000385. The van der Waals surface area contributed by atoms with Crippen LogP contribution >= 0.6 is 24.0 Å². The first-order chi connectivity index (χ1) is 15.7. The van der Waals surface area contributed by atoms with Crippen LogP contribution in [0, 0.1) is 0 Å². The number of nitrogens with zero attached hydrogens (tertiary/aromatic N) is 5. The summed E-state index contributed by atoms with van der Waals surface area (Å²) >= 11 is 0. The van der Waals surface area contributed by atoms with Crippen molar-refractivity contribution in [2.75, 3.05) is 69.2 Å². The Morgan fingerprint density at radius 2 is 1.82 bits per heavy atom. The molecule has 1 aromatic carbocycles. The molecule has 0 radical (unpaired) electrons. The minimum atomic E-state index is 0. The van der Waals surface area contributed by atoms with E-state index in [9.17, 15) is 0 Å². The molecule has 8 heteroatoms. The molecule has 182 valence electrons. The second kappa shape index (κ2) is 15.0. The highest BCUT2D eigenvalue weighted by atomic mass is 127. The lowest BCUT2D eigenvalue weighted by Crippen LogP contribution is -2.44. The van der Waals surface area contributed by atoms with Gasteiger partial charge in [-0.05, 0) is 57.1 Å². The van der Waals surface area contributed by atoms with Crippen LogP contribution in [0.3, 0.4) is 0 Å². The summed E-state index contributed by atoms with van der Waals surface area (Å²) in [7, 11) is 2.17. The van der Waals surface area contributed by atoms with Gasteiger partial charge in [0.15, 0.2) is 5.96 Å². The average Bonchev–Trinajstić information content (AvgIpc) is 2.83. The summed E-state index contributed by atoms with van der Waals surface area (Å²) in [5.74, 6) is 1.93. The molecular weight excluding hydrogens is 525 g/mol. The Labute approximate surface area is 216 Å². The van der Waals surface area contributed by atoms with E-state index in [0.29, 0.717) is 6.54 Å². The van der Waals surface area contributed by atoms with E-state index in [1.54, 1.807) is 0 Å². The highest BCUT2D eigenvalue weighted by molar-refractivity contribution is 14.0. The first kappa shape index (κ1) is 27.2. The lowest BCUT2D eigenvalue weighted by atomic mass is 10.2. The van der Waals surface area contributed by atoms with Crippen LogP contribution in [0.4, 0.5) is 11.5 Å².